The van der Waals surface area contributed by atoms with E-state index in [1.165, 1.54) is 12.3 Å². The van der Waals surface area contributed by atoms with Gasteiger partial charge in [-0.2, -0.15) is 0 Å². The normalized spacial score (nSPS) is 16.2. The number of carbonyl (C=O) groups is 1. The Morgan fingerprint density at radius 3 is 2.67 bits per heavy atom. The molecule has 0 unspecified atom stereocenters. The second-order valence-electron chi connectivity index (χ2n) is 9.96. The molecule has 7 rings (SSSR count). The van der Waals surface area contributed by atoms with Crippen LogP contribution in [0.2, 0.25) is 0 Å². The van der Waals surface area contributed by atoms with Crippen LogP contribution in [0.3, 0.4) is 0 Å². The Labute approximate surface area is 221 Å². The maximum atomic E-state index is 13.8. The number of methoxy groups -OCH3 is 1. The van der Waals surface area contributed by atoms with Crippen molar-refractivity contribution in [2.45, 2.75) is 31.7 Å². The van der Waals surface area contributed by atoms with Gasteiger partial charge in [0, 0.05) is 29.7 Å². The highest BCUT2D eigenvalue weighted by atomic mass is 16.5. The Balaban J connectivity index is 1.48. The van der Waals surface area contributed by atoms with E-state index in [9.17, 15) is 19.5 Å². The van der Waals surface area contributed by atoms with Crippen molar-refractivity contribution in [3.63, 3.8) is 0 Å². The first-order chi connectivity index (χ1) is 18.9. The van der Waals surface area contributed by atoms with Gasteiger partial charge in [-0.25, -0.2) is 0 Å². The van der Waals surface area contributed by atoms with Gasteiger partial charge in [0.1, 0.15) is 34.5 Å². The van der Waals surface area contributed by atoms with Crippen LogP contribution in [0.4, 0.5) is 0 Å². The predicted octanol–water partition coefficient (Wildman–Crippen LogP) is 4.88. The van der Waals surface area contributed by atoms with Gasteiger partial charge in [-0.3, -0.25) is 14.4 Å². The number of hydrogen-bond donors (Lipinski definition) is 1. The molecule has 0 amide bonds. The van der Waals surface area contributed by atoms with E-state index in [0.29, 0.717) is 29.0 Å². The van der Waals surface area contributed by atoms with Crippen molar-refractivity contribution >= 4 is 27.8 Å². The van der Waals surface area contributed by atoms with Crippen molar-refractivity contribution in [3.8, 4) is 28.4 Å². The number of aromatic hydroxyl groups is 1. The summed E-state index contributed by atoms with van der Waals surface area (Å²) in [5.41, 5.74) is 3.19. The molecule has 4 heterocycles. The number of para-hydroxylation sites is 1. The van der Waals surface area contributed by atoms with E-state index < -0.39 is 17.3 Å². The second kappa shape index (κ2) is 8.59. The Morgan fingerprint density at radius 2 is 1.87 bits per heavy atom. The number of nitrogens with zero attached hydrogens (tertiary/aromatic N) is 1. The zero-order valence-electron chi connectivity index (χ0n) is 21.0. The highest BCUT2D eigenvalue weighted by Crippen LogP contribution is 2.45. The van der Waals surface area contributed by atoms with Crippen LogP contribution < -0.4 is 20.5 Å². The molecule has 0 spiro atoms. The number of esters is 1. The smallest absolute Gasteiger partial charge is 0.312 e. The van der Waals surface area contributed by atoms with Gasteiger partial charge < -0.3 is 23.6 Å². The topological polar surface area (TPSA) is 108 Å². The molecule has 1 atom stereocenters. The third-order valence-electron chi connectivity index (χ3n) is 7.80. The summed E-state index contributed by atoms with van der Waals surface area (Å²) in [6.07, 6.45) is 2.99. The van der Waals surface area contributed by atoms with E-state index in [1.54, 1.807) is 35.9 Å². The van der Waals surface area contributed by atoms with Gasteiger partial charge in [-0.1, -0.05) is 30.3 Å². The zero-order chi connectivity index (χ0) is 26.8. The summed E-state index contributed by atoms with van der Waals surface area (Å²) < 4.78 is 18.5. The highest BCUT2D eigenvalue weighted by Gasteiger charge is 2.36. The molecule has 194 valence electrons. The van der Waals surface area contributed by atoms with Gasteiger partial charge in [-0.15, -0.1) is 0 Å². The fourth-order valence-electron chi connectivity index (χ4n) is 6.00. The molecule has 8 nitrogen and oxygen atoms in total. The van der Waals surface area contributed by atoms with Gasteiger partial charge >= 0.3 is 5.97 Å². The van der Waals surface area contributed by atoms with E-state index in [-0.39, 0.29) is 40.0 Å². The number of aryl methyl sites for hydroxylation is 2. The lowest BCUT2D eigenvalue weighted by Crippen LogP contribution is -2.31. The van der Waals surface area contributed by atoms with Crippen molar-refractivity contribution in [2.75, 3.05) is 7.11 Å². The molecular weight excluding hydrogens is 498 g/mol. The molecule has 39 heavy (non-hydrogen) atoms. The van der Waals surface area contributed by atoms with Crippen LogP contribution in [0.1, 0.15) is 35.4 Å². The quantitative estimate of drug-likeness (QED) is 0.266. The molecule has 2 aliphatic rings. The van der Waals surface area contributed by atoms with Crippen LogP contribution in [0, 0.1) is 0 Å². The summed E-state index contributed by atoms with van der Waals surface area (Å²) in [4.78, 5) is 40.2. The number of rotatable bonds is 3. The summed E-state index contributed by atoms with van der Waals surface area (Å²) >= 11 is 0. The number of pyridine rings is 1. The third-order valence-corrected chi connectivity index (χ3v) is 7.80. The Bertz CT molecular complexity index is 1950. The lowest BCUT2D eigenvalue weighted by molar-refractivity contribution is -0.135. The molecular formula is C31H23NO7. The monoisotopic (exact) mass is 521 g/mol. The summed E-state index contributed by atoms with van der Waals surface area (Å²) in [6, 6.07) is 16.0. The number of fused-ring (bicyclic) bond motifs is 3. The first-order valence-electron chi connectivity index (χ1n) is 12.8. The number of carbonyl (C=O) groups excluding carboxylic acids is 1. The molecule has 0 bridgehead atoms. The summed E-state index contributed by atoms with van der Waals surface area (Å²) in [6.45, 7) is 0.584. The Hall–Kier alpha value is -4.85. The molecule has 0 saturated heterocycles. The molecule has 1 N–H and O–H groups in total. The van der Waals surface area contributed by atoms with Crippen molar-refractivity contribution < 1.29 is 23.8 Å². The standard InChI is InChI=1S/C31H23NO7/c1-37-19-9-7-16(8-10-19)22-15-38-30-26-20(13-25(34)39-24(26)14-23(33)27(30)29(22)35)21-12-18-5-2-4-17-6-3-11-32(28(17)18)31(21)36/h2,4-5,7-10,12,14-15,20,33H,3,6,11,13H2,1H3/t20-/m1/s1. The molecule has 8 heteroatoms. The highest BCUT2D eigenvalue weighted by molar-refractivity contribution is 5.94. The van der Waals surface area contributed by atoms with Gasteiger partial charge in [-0.05, 0) is 47.6 Å². The van der Waals surface area contributed by atoms with E-state index >= 15 is 0 Å². The fraction of sp³-hybridized carbons (Fsp3) is 0.194. The molecule has 3 aromatic carbocycles. The minimum atomic E-state index is -0.717. The van der Waals surface area contributed by atoms with Crippen molar-refractivity contribution in [1.82, 2.24) is 4.57 Å². The number of phenols is 1. The molecule has 2 aromatic heterocycles. The van der Waals surface area contributed by atoms with Crippen LogP contribution in [-0.2, 0) is 17.8 Å². The summed E-state index contributed by atoms with van der Waals surface area (Å²) in [5, 5.41) is 11.8. The van der Waals surface area contributed by atoms with E-state index in [4.69, 9.17) is 13.9 Å². The Morgan fingerprint density at radius 1 is 1.05 bits per heavy atom. The van der Waals surface area contributed by atoms with Crippen molar-refractivity contribution in [2.24, 2.45) is 0 Å². The van der Waals surface area contributed by atoms with Crippen LogP contribution >= 0.6 is 0 Å². The van der Waals surface area contributed by atoms with E-state index in [2.05, 4.69) is 0 Å². The third kappa shape index (κ3) is 3.48. The number of aromatic nitrogens is 1. The predicted molar refractivity (Wildman–Crippen MR) is 145 cm³/mol. The summed E-state index contributed by atoms with van der Waals surface area (Å²) in [7, 11) is 1.55. The van der Waals surface area contributed by atoms with Gasteiger partial charge in [0.05, 0.1) is 24.6 Å². The van der Waals surface area contributed by atoms with Gasteiger partial charge in [0.2, 0.25) is 5.43 Å². The minimum Gasteiger partial charge on any atom is -0.507 e. The van der Waals surface area contributed by atoms with Crippen molar-refractivity contribution in [1.29, 1.82) is 0 Å². The lowest BCUT2D eigenvalue weighted by atomic mass is 9.84. The maximum absolute atomic E-state index is 13.8. The summed E-state index contributed by atoms with van der Waals surface area (Å²) in [5.74, 6) is -0.899. The van der Waals surface area contributed by atoms with Crippen LogP contribution in [0.5, 0.6) is 17.2 Å². The largest absolute Gasteiger partial charge is 0.507 e. The van der Waals surface area contributed by atoms with E-state index in [0.717, 1.165) is 29.3 Å². The van der Waals surface area contributed by atoms with Crippen LogP contribution in [0.25, 0.3) is 33.0 Å². The van der Waals surface area contributed by atoms with Crippen molar-refractivity contribution in [3.05, 3.63) is 98.1 Å². The van der Waals surface area contributed by atoms with Gasteiger partial charge in [0.15, 0.2) is 0 Å². The molecule has 5 aromatic rings. The number of benzene rings is 3. The SMILES string of the molecule is COc1ccc(-c2coc3c4c(cc(O)c3c2=O)OC(=O)C[C@@H]4c2cc3cccc4c3n(c2=O)CCC4)cc1. The zero-order valence-corrected chi connectivity index (χ0v) is 21.0. The fourth-order valence-corrected chi connectivity index (χ4v) is 6.00. The average Bonchev–Trinajstić information content (AvgIpc) is 2.94. The Kier molecular flexibility index (Phi) is 5.13. The maximum Gasteiger partial charge on any atom is 0.312 e. The molecule has 0 fully saturated rings. The first-order valence-corrected chi connectivity index (χ1v) is 12.8. The van der Waals surface area contributed by atoms with E-state index in [1.807, 2.05) is 24.3 Å². The first kappa shape index (κ1) is 23.3. The average molecular weight is 522 g/mol. The number of ether oxygens (including phenoxy) is 2. The number of hydrogen-bond acceptors (Lipinski definition) is 7. The second-order valence-corrected chi connectivity index (χ2v) is 9.96. The molecule has 0 radical (unpaired) electrons. The minimum absolute atomic E-state index is 0.0328. The van der Waals surface area contributed by atoms with Crippen LogP contribution in [-0.4, -0.2) is 22.8 Å². The molecule has 0 aliphatic carbocycles. The van der Waals surface area contributed by atoms with Crippen LogP contribution in [0.15, 0.2) is 74.9 Å². The molecule has 0 saturated carbocycles. The lowest BCUT2D eigenvalue weighted by Gasteiger charge is -2.27. The van der Waals surface area contributed by atoms with Gasteiger partial charge in [0.25, 0.3) is 5.56 Å². The number of phenolic OH excluding ortho intramolecular Hbond substituents is 1. The molecule has 2 aliphatic heterocycles.